The van der Waals surface area contributed by atoms with Crippen molar-refractivity contribution in [3.8, 4) is 0 Å². The van der Waals surface area contributed by atoms with E-state index >= 15 is 0 Å². The van der Waals surface area contributed by atoms with E-state index in [1.807, 2.05) is 35.2 Å². The Hall–Kier alpha value is -3.50. The Kier molecular flexibility index (Phi) is 5.47. The Labute approximate surface area is 190 Å². The standard InChI is InChI=1S/C23H22FN5O3S/c24-19-8-10-20(11-9-19)26-13-15-27(16-14-26)33(31,32)21-7-4-12-28-22(21)25-29(23(28)30)17-18-5-2-1-3-6-18/h1-12H,13-17H2. The van der Waals surface area contributed by atoms with E-state index in [4.69, 9.17) is 0 Å². The normalized spacial score (nSPS) is 15.2. The predicted octanol–water partition coefficient (Wildman–Crippen LogP) is 2.19. The van der Waals surface area contributed by atoms with Crippen molar-refractivity contribution in [2.45, 2.75) is 11.4 Å². The summed E-state index contributed by atoms with van der Waals surface area (Å²) in [5.41, 5.74) is 1.46. The van der Waals surface area contributed by atoms with Crippen LogP contribution in [0.4, 0.5) is 10.1 Å². The molecule has 2 aromatic heterocycles. The number of pyridine rings is 1. The van der Waals surface area contributed by atoms with Gasteiger partial charge in [-0.05, 0) is 42.0 Å². The molecule has 10 heteroatoms. The maximum absolute atomic E-state index is 13.5. The number of hydrogen-bond donors (Lipinski definition) is 0. The Morgan fingerprint density at radius 1 is 0.879 bits per heavy atom. The lowest BCUT2D eigenvalue weighted by Gasteiger charge is -2.35. The van der Waals surface area contributed by atoms with Gasteiger partial charge in [-0.1, -0.05) is 30.3 Å². The topological polar surface area (TPSA) is 79.9 Å². The molecule has 0 aliphatic carbocycles. The van der Waals surface area contributed by atoms with Crippen LogP contribution in [0.2, 0.25) is 0 Å². The largest absolute Gasteiger partial charge is 0.369 e. The van der Waals surface area contributed by atoms with Gasteiger partial charge in [0.2, 0.25) is 10.0 Å². The van der Waals surface area contributed by atoms with Gasteiger partial charge in [0.1, 0.15) is 10.7 Å². The van der Waals surface area contributed by atoms with Crippen LogP contribution in [0.15, 0.2) is 82.6 Å². The Bertz CT molecular complexity index is 1440. The number of piperazine rings is 1. The average molecular weight is 468 g/mol. The first-order valence-electron chi connectivity index (χ1n) is 10.6. The van der Waals surface area contributed by atoms with Crippen LogP contribution in [0, 0.1) is 5.82 Å². The molecule has 5 rings (SSSR count). The third-order valence-electron chi connectivity index (χ3n) is 5.80. The van der Waals surface area contributed by atoms with Gasteiger partial charge in [-0.25, -0.2) is 26.7 Å². The quantitative estimate of drug-likeness (QED) is 0.450. The number of halogens is 1. The summed E-state index contributed by atoms with van der Waals surface area (Å²) in [4.78, 5) is 14.9. The number of benzene rings is 2. The fourth-order valence-corrected chi connectivity index (χ4v) is 5.59. The molecule has 0 atom stereocenters. The summed E-state index contributed by atoms with van der Waals surface area (Å²) < 4.78 is 44.1. The average Bonchev–Trinajstić information content (AvgIpc) is 3.15. The molecule has 8 nitrogen and oxygen atoms in total. The number of rotatable bonds is 5. The fraction of sp³-hybridized carbons (Fsp3) is 0.217. The van der Waals surface area contributed by atoms with Crippen molar-refractivity contribution in [1.82, 2.24) is 18.5 Å². The van der Waals surface area contributed by atoms with E-state index in [0.29, 0.717) is 13.1 Å². The number of nitrogens with zero attached hydrogens (tertiary/aromatic N) is 5. The lowest BCUT2D eigenvalue weighted by Crippen LogP contribution is -2.48. The summed E-state index contributed by atoms with van der Waals surface area (Å²) in [6.07, 6.45) is 1.53. The molecule has 3 heterocycles. The van der Waals surface area contributed by atoms with Gasteiger partial charge in [-0.15, -0.1) is 5.10 Å². The van der Waals surface area contributed by atoms with Gasteiger partial charge in [0.05, 0.1) is 6.54 Å². The van der Waals surface area contributed by atoms with Crippen LogP contribution in [0.25, 0.3) is 5.65 Å². The van der Waals surface area contributed by atoms with Crippen LogP contribution in [0.3, 0.4) is 0 Å². The van der Waals surface area contributed by atoms with Crippen molar-refractivity contribution in [3.63, 3.8) is 0 Å². The molecule has 0 unspecified atom stereocenters. The third-order valence-corrected chi connectivity index (χ3v) is 7.72. The van der Waals surface area contributed by atoms with E-state index in [1.165, 1.54) is 37.8 Å². The van der Waals surface area contributed by atoms with Gasteiger partial charge in [0.15, 0.2) is 5.65 Å². The maximum Gasteiger partial charge on any atom is 0.350 e. The van der Waals surface area contributed by atoms with Crippen LogP contribution in [-0.2, 0) is 16.6 Å². The van der Waals surface area contributed by atoms with Crippen LogP contribution < -0.4 is 10.6 Å². The summed E-state index contributed by atoms with van der Waals surface area (Å²) in [6, 6.07) is 18.6. The second kappa shape index (κ2) is 8.45. The van der Waals surface area contributed by atoms with Gasteiger partial charge in [0, 0.05) is 38.1 Å². The lowest BCUT2D eigenvalue weighted by molar-refractivity contribution is 0.385. The highest BCUT2D eigenvalue weighted by atomic mass is 32.2. The van der Waals surface area contributed by atoms with E-state index in [1.54, 1.807) is 18.2 Å². The Morgan fingerprint density at radius 3 is 2.27 bits per heavy atom. The van der Waals surface area contributed by atoms with Crippen molar-refractivity contribution in [1.29, 1.82) is 0 Å². The van der Waals surface area contributed by atoms with E-state index in [-0.39, 0.29) is 36.0 Å². The monoisotopic (exact) mass is 467 g/mol. The molecule has 1 fully saturated rings. The van der Waals surface area contributed by atoms with Crippen LogP contribution in [-0.4, -0.2) is 53.1 Å². The van der Waals surface area contributed by atoms with Crippen molar-refractivity contribution in [2.75, 3.05) is 31.1 Å². The molecule has 2 aromatic carbocycles. The molecule has 0 saturated carbocycles. The third kappa shape index (κ3) is 4.03. The second-order valence-electron chi connectivity index (χ2n) is 7.86. The van der Waals surface area contributed by atoms with Crippen LogP contribution in [0.1, 0.15) is 5.56 Å². The van der Waals surface area contributed by atoms with Gasteiger partial charge >= 0.3 is 5.69 Å². The lowest BCUT2D eigenvalue weighted by atomic mass is 10.2. The molecule has 1 aliphatic rings. The van der Waals surface area contributed by atoms with Gasteiger partial charge in [0.25, 0.3) is 0 Å². The van der Waals surface area contributed by atoms with Crippen molar-refractivity contribution in [3.05, 3.63) is 94.8 Å². The first kappa shape index (κ1) is 21.4. The molecule has 33 heavy (non-hydrogen) atoms. The summed E-state index contributed by atoms with van der Waals surface area (Å²) in [5, 5.41) is 4.35. The first-order chi connectivity index (χ1) is 15.9. The molecule has 170 valence electrons. The van der Waals surface area contributed by atoms with E-state index in [2.05, 4.69) is 5.10 Å². The molecule has 1 saturated heterocycles. The molecule has 0 bridgehead atoms. The Balaban J connectivity index is 1.42. The maximum atomic E-state index is 13.5. The van der Waals surface area contributed by atoms with Crippen molar-refractivity contribution in [2.24, 2.45) is 0 Å². The molecule has 0 amide bonds. The molecule has 0 N–H and O–H groups in total. The summed E-state index contributed by atoms with van der Waals surface area (Å²) in [7, 11) is -3.87. The van der Waals surface area contributed by atoms with Crippen molar-refractivity contribution >= 4 is 21.4 Å². The number of sulfonamides is 1. The molecular weight excluding hydrogens is 445 g/mol. The minimum Gasteiger partial charge on any atom is -0.369 e. The summed E-state index contributed by atoms with van der Waals surface area (Å²) >= 11 is 0. The summed E-state index contributed by atoms with van der Waals surface area (Å²) in [6.45, 7) is 1.75. The zero-order valence-electron chi connectivity index (χ0n) is 17.7. The SMILES string of the molecule is O=c1n(Cc2ccccc2)nc2c(S(=O)(=O)N3CCN(c4ccc(F)cc4)CC3)cccn12. The molecule has 4 aromatic rings. The smallest absolute Gasteiger partial charge is 0.350 e. The molecule has 1 aliphatic heterocycles. The molecule has 0 spiro atoms. The number of aromatic nitrogens is 3. The van der Waals surface area contributed by atoms with Gasteiger partial charge < -0.3 is 4.90 Å². The van der Waals surface area contributed by atoms with E-state index in [9.17, 15) is 17.6 Å². The zero-order valence-corrected chi connectivity index (χ0v) is 18.5. The van der Waals surface area contributed by atoms with Gasteiger partial charge in [-0.3, -0.25) is 0 Å². The Morgan fingerprint density at radius 2 is 1.58 bits per heavy atom. The highest BCUT2D eigenvalue weighted by Crippen LogP contribution is 2.23. The minimum atomic E-state index is -3.87. The minimum absolute atomic E-state index is 0.00384. The predicted molar refractivity (Wildman–Crippen MR) is 122 cm³/mol. The van der Waals surface area contributed by atoms with Gasteiger partial charge in [-0.2, -0.15) is 4.31 Å². The highest BCUT2D eigenvalue weighted by molar-refractivity contribution is 7.89. The second-order valence-corrected chi connectivity index (χ2v) is 9.77. The van der Waals surface area contributed by atoms with E-state index < -0.39 is 15.7 Å². The number of hydrogen-bond acceptors (Lipinski definition) is 5. The summed E-state index contributed by atoms with van der Waals surface area (Å²) in [5.74, 6) is -0.310. The first-order valence-corrected chi connectivity index (χ1v) is 12.0. The van der Waals surface area contributed by atoms with Crippen molar-refractivity contribution < 1.29 is 12.8 Å². The fourth-order valence-electron chi connectivity index (χ4n) is 4.05. The molecule has 0 radical (unpaired) electrons. The van der Waals surface area contributed by atoms with Crippen LogP contribution in [0.5, 0.6) is 0 Å². The number of fused-ring (bicyclic) bond motifs is 1. The molecular formula is C23H22FN5O3S. The highest BCUT2D eigenvalue weighted by Gasteiger charge is 2.31. The van der Waals surface area contributed by atoms with E-state index in [0.717, 1.165) is 11.3 Å². The number of anilines is 1. The zero-order chi connectivity index (χ0) is 23.0. The van der Waals surface area contributed by atoms with Crippen LogP contribution >= 0.6 is 0 Å².